The van der Waals surface area contributed by atoms with Gasteiger partial charge in [-0.2, -0.15) is 0 Å². The van der Waals surface area contributed by atoms with Gasteiger partial charge in [-0.05, 0) is 49.7 Å². The third kappa shape index (κ3) is 4.40. The van der Waals surface area contributed by atoms with E-state index < -0.39 is 5.82 Å². The monoisotopic (exact) mass is 300 g/mol. The average molecular weight is 300 g/mol. The first kappa shape index (κ1) is 16.2. The van der Waals surface area contributed by atoms with E-state index in [1.807, 2.05) is 50.1 Å². The minimum Gasteiger partial charge on any atom is -0.322 e. The van der Waals surface area contributed by atoms with Crippen LogP contribution in [-0.4, -0.2) is 24.4 Å². The molecule has 2 aromatic rings. The number of carbonyl (C=O) groups excluding carboxylic acids is 1. The van der Waals surface area contributed by atoms with Gasteiger partial charge in [-0.15, -0.1) is 0 Å². The molecule has 0 heterocycles. The van der Waals surface area contributed by atoms with E-state index in [1.165, 1.54) is 17.2 Å². The van der Waals surface area contributed by atoms with Gasteiger partial charge in [0, 0.05) is 6.54 Å². The Kier molecular flexibility index (Phi) is 5.28. The van der Waals surface area contributed by atoms with Crippen LogP contribution in [0.4, 0.5) is 10.1 Å². The van der Waals surface area contributed by atoms with Crippen LogP contribution in [0.3, 0.4) is 0 Å². The zero-order valence-electron chi connectivity index (χ0n) is 13.2. The topological polar surface area (TPSA) is 32.3 Å². The predicted octanol–water partition coefficient (Wildman–Crippen LogP) is 3.51. The summed E-state index contributed by atoms with van der Waals surface area (Å²) in [7, 11) is 1.87. The normalized spacial score (nSPS) is 10.8. The van der Waals surface area contributed by atoms with Crippen molar-refractivity contribution in [2.24, 2.45) is 0 Å². The first-order valence-electron chi connectivity index (χ1n) is 7.25. The van der Waals surface area contributed by atoms with E-state index in [1.54, 1.807) is 12.1 Å². The maximum atomic E-state index is 13.7. The lowest BCUT2D eigenvalue weighted by Gasteiger charge is -2.17. The van der Waals surface area contributed by atoms with E-state index in [0.29, 0.717) is 6.54 Å². The smallest absolute Gasteiger partial charge is 0.238 e. The highest BCUT2D eigenvalue weighted by molar-refractivity contribution is 5.92. The van der Waals surface area contributed by atoms with Crippen molar-refractivity contribution >= 4 is 11.6 Å². The fraction of sp³-hybridized carbons (Fsp3) is 0.278. The van der Waals surface area contributed by atoms with Crippen molar-refractivity contribution in [3.8, 4) is 0 Å². The van der Waals surface area contributed by atoms with Crippen LogP contribution in [-0.2, 0) is 11.3 Å². The van der Waals surface area contributed by atoms with Gasteiger partial charge in [-0.25, -0.2) is 4.39 Å². The Morgan fingerprint density at radius 1 is 1.18 bits per heavy atom. The fourth-order valence-electron chi connectivity index (χ4n) is 2.29. The molecule has 2 rings (SSSR count). The zero-order valence-corrected chi connectivity index (χ0v) is 13.2. The molecule has 0 aliphatic carbocycles. The summed E-state index contributed by atoms with van der Waals surface area (Å²) in [5.41, 5.74) is 3.42. The van der Waals surface area contributed by atoms with Gasteiger partial charge in [0.05, 0.1) is 12.2 Å². The molecule has 0 bridgehead atoms. The number of halogens is 1. The van der Waals surface area contributed by atoms with E-state index in [9.17, 15) is 9.18 Å². The summed E-state index contributed by atoms with van der Waals surface area (Å²) in [6.45, 7) is 4.74. The van der Waals surface area contributed by atoms with Crippen molar-refractivity contribution in [3.63, 3.8) is 0 Å². The number of benzene rings is 2. The van der Waals surface area contributed by atoms with Crippen molar-refractivity contribution in [2.45, 2.75) is 20.4 Å². The molecule has 0 aliphatic rings. The molecule has 22 heavy (non-hydrogen) atoms. The number of likely N-dealkylation sites (N-methyl/N-ethyl adjacent to an activating group) is 1. The number of carbonyl (C=O) groups is 1. The molecule has 0 unspecified atom stereocenters. The quantitative estimate of drug-likeness (QED) is 0.916. The summed E-state index contributed by atoms with van der Waals surface area (Å²) >= 11 is 0. The van der Waals surface area contributed by atoms with E-state index in [0.717, 1.165) is 5.56 Å². The molecule has 0 radical (unpaired) electrons. The molecule has 1 amide bonds. The SMILES string of the molecule is Cc1ccc(NC(=O)CN(C)Cc2ccccc2C)c(F)c1. The highest BCUT2D eigenvalue weighted by atomic mass is 19.1. The number of hydrogen-bond donors (Lipinski definition) is 1. The minimum absolute atomic E-state index is 0.210. The van der Waals surface area contributed by atoms with E-state index >= 15 is 0 Å². The molecular formula is C18H21FN2O. The standard InChI is InChI=1S/C18H21FN2O/c1-13-8-9-17(16(19)10-13)20-18(22)12-21(3)11-15-7-5-4-6-14(15)2/h4-10H,11-12H2,1-3H3,(H,20,22). The van der Waals surface area contributed by atoms with Gasteiger partial charge >= 0.3 is 0 Å². The van der Waals surface area contributed by atoms with Crippen LogP contribution >= 0.6 is 0 Å². The van der Waals surface area contributed by atoms with Crippen LogP contribution in [0.2, 0.25) is 0 Å². The molecule has 0 aromatic heterocycles. The fourth-order valence-corrected chi connectivity index (χ4v) is 2.29. The van der Waals surface area contributed by atoms with E-state index in [-0.39, 0.29) is 18.1 Å². The second-order valence-corrected chi connectivity index (χ2v) is 5.63. The van der Waals surface area contributed by atoms with Crippen molar-refractivity contribution in [3.05, 3.63) is 65.0 Å². The molecule has 0 spiro atoms. The molecule has 0 aliphatic heterocycles. The van der Waals surface area contributed by atoms with Crippen LogP contribution in [0.15, 0.2) is 42.5 Å². The number of nitrogens with zero attached hydrogens (tertiary/aromatic N) is 1. The van der Waals surface area contributed by atoms with E-state index in [4.69, 9.17) is 0 Å². The predicted molar refractivity (Wildman–Crippen MR) is 87.3 cm³/mol. The van der Waals surface area contributed by atoms with Crippen molar-refractivity contribution in [2.75, 3.05) is 18.9 Å². The molecule has 116 valence electrons. The highest BCUT2D eigenvalue weighted by Crippen LogP contribution is 2.15. The molecule has 4 heteroatoms. The van der Waals surface area contributed by atoms with E-state index in [2.05, 4.69) is 5.32 Å². The summed E-state index contributed by atoms with van der Waals surface area (Å²) in [5, 5.41) is 2.61. The van der Waals surface area contributed by atoms with Gasteiger partial charge in [0.15, 0.2) is 0 Å². The molecule has 0 saturated heterocycles. The van der Waals surface area contributed by atoms with Crippen LogP contribution in [0.25, 0.3) is 0 Å². The van der Waals surface area contributed by atoms with Crippen LogP contribution in [0.1, 0.15) is 16.7 Å². The van der Waals surface area contributed by atoms with Crippen molar-refractivity contribution in [1.82, 2.24) is 4.90 Å². The molecule has 1 N–H and O–H groups in total. The Morgan fingerprint density at radius 3 is 2.59 bits per heavy atom. The number of hydrogen-bond acceptors (Lipinski definition) is 2. The third-order valence-electron chi connectivity index (χ3n) is 3.51. The molecule has 3 nitrogen and oxygen atoms in total. The zero-order chi connectivity index (χ0) is 16.1. The molecule has 0 saturated carbocycles. The lowest BCUT2D eigenvalue weighted by Crippen LogP contribution is -2.30. The second kappa shape index (κ2) is 7.18. The Bertz CT molecular complexity index is 670. The number of nitrogens with one attached hydrogen (secondary N) is 1. The van der Waals surface area contributed by atoms with Gasteiger partial charge in [-0.1, -0.05) is 30.3 Å². The number of anilines is 1. The minimum atomic E-state index is -0.407. The maximum absolute atomic E-state index is 13.7. The average Bonchev–Trinajstić information content (AvgIpc) is 2.44. The Hall–Kier alpha value is -2.20. The number of amides is 1. The number of rotatable bonds is 5. The number of aryl methyl sites for hydroxylation is 2. The van der Waals surface area contributed by atoms with Crippen LogP contribution < -0.4 is 5.32 Å². The molecule has 2 aromatic carbocycles. The summed E-state index contributed by atoms with van der Waals surface area (Å²) in [5.74, 6) is -0.631. The lowest BCUT2D eigenvalue weighted by molar-refractivity contribution is -0.117. The Morgan fingerprint density at radius 2 is 1.91 bits per heavy atom. The van der Waals surface area contributed by atoms with Gasteiger partial charge in [0.25, 0.3) is 0 Å². The Labute approximate surface area is 130 Å². The lowest BCUT2D eigenvalue weighted by atomic mass is 10.1. The third-order valence-corrected chi connectivity index (χ3v) is 3.51. The van der Waals surface area contributed by atoms with Gasteiger partial charge in [0.2, 0.25) is 5.91 Å². The molecule has 0 atom stereocenters. The van der Waals surface area contributed by atoms with Crippen LogP contribution in [0, 0.1) is 19.7 Å². The molecular weight excluding hydrogens is 279 g/mol. The van der Waals surface area contributed by atoms with Crippen molar-refractivity contribution < 1.29 is 9.18 Å². The van der Waals surface area contributed by atoms with Crippen molar-refractivity contribution in [1.29, 1.82) is 0 Å². The van der Waals surface area contributed by atoms with Crippen LogP contribution in [0.5, 0.6) is 0 Å². The summed E-state index contributed by atoms with van der Waals surface area (Å²) in [6, 6.07) is 12.8. The first-order valence-corrected chi connectivity index (χ1v) is 7.25. The Balaban J connectivity index is 1.93. The summed E-state index contributed by atoms with van der Waals surface area (Å²) in [4.78, 5) is 13.9. The summed E-state index contributed by atoms with van der Waals surface area (Å²) < 4.78 is 13.7. The molecule has 0 fully saturated rings. The van der Waals surface area contributed by atoms with Gasteiger partial charge in [0.1, 0.15) is 5.82 Å². The summed E-state index contributed by atoms with van der Waals surface area (Å²) in [6.07, 6.45) is 0. The maximum Gasteiger partial charge on any atom is 0.238 e. The second-order valence-electron chi connectivity index (χ2n) is 5.63. The van der Waals surface area contributed by atoms with Gasteiger partial charge < -0.3 is 5.32 Å². The largest absolute Gasteiger partial charge is 0.322 e. The highest BCUT2D eigenvalue weighted by Gasteiger charge is 2.10. The first-order chi connectivity index (χ1) is 10.5. The van der Waals surface area contributed by atoms with Gasteiger partial charge in [-0.3, -0.25) is 9.69 Å².